The van der Waals surface area contributed by atoms with Crippen LogP contribution in [0.1, 0.15) is 70.7 Å². The highest BCUT2D eigenvalue weighted by Gasteiger charge is 2.36. The van der Waals surface area contributed by atoms with Crippen molar-refractivity contribution in [3.05, 3.63) is 21.8 Å². The SMILES string of the molecule is NC(=O)c1c(NC(=O)CSc2nnc(C3CC3)n2C2CC2)sc2c1CCC2. The Kier molecular flexibility index (Phi) is 4.23. The van der Waals surface area contributed by atoms with Gasteiger partial charge in [0.1, 0.15) is 10.8 Å². The first kappa shape index (κ1) is 17.2. The molecule has 3 aliphatic rings. The summed E-state index contributed by atoms with van der Waals surface area (Å²) < 4.78 is 2.24. The van der Waals surface area contributed by atoms with Gasteiger partial charge in [0.25, 0.3) is 5.91 Å². The molecule has 5 rings (SSSR count). The molecule has 3 N–H and O–H groups in total. The number of primary amides is 1. The predicted octanol–water partition coefficient (Wildman–Crippen LogP) is 2.87. The first-order valence-corrected chi connectivity index (χ1v) is 11.2. The van der Waals surface area contributed by atoms with Crippen LogP contribution >= 0.6 is 23.1 Å². The molecule has 2 heterocycles. The first-order chi connectivity index (χ1) is 13.1. The Hall–Kier alpha value is -1.87. The van der Waals surface area contributed by atoms with Crippen LogP contribution in [0, 0.1) is 0 Å². The maximum absolute atomic E-state index is 12.5. The molecule has 0 bridgehead atoms. The number of nitrogens with one attached hydrogen (secondary N) is 1. The smallest absolute Gasteiger partial charge is 0.251 e. The zero-order valence-electron chi connectivity index (χ0n) is 14.9. The number of rotatable bonds is 7. The average molecular weight is 404 g/mol. The van der Waals surface area contributed by atoms with E-state index in [4.69, 9.17) is 5.73 Å². The van der Waals surface area contributed by atoms with Gasteiger partial charge in [0, 0.05) is 16.8 Å². The fourth-order valence-corrected chi connectivity index (χ4v) is 5.85. The van der Waals surface area contributed by atoms with Crippen molar-refractivity contribution in [2.24, 2.45) is 5.73 Å². The van der Waals surface area contributed by atoms with E-state index < -0.39 is 5.91 Å². The molecular formula is C18H21N5O2S2. The molecule has 7 nitrogen and oxygen atoms in total. The number of anilines is 1. The molecule has 3 aliphatic carbocycles. The number of aryl methyl sites for hydroxylation is 1. The minimum Gasteiger partial charge on any atom is -0.365 e. The molecule has 0 radical (unpaired) electrons. The van der Waals surface area contributed by atoms with E-state index in [-0.39, 0.29) is 11.7 Å². The van der Waals surface area contributed by atoms with Crippen molar-refractivity contribution in [1.82, 2.24) is 14.8 Å². The maximum Gasteiger partial charge on any atom is 0.251 e. The molecule has 27 heavy (non-hydrogen) atoms. The van der Waals surface area contributed by atoms with Crippen molar-refractivity contribution in [3.8, 4) is 0 Å². The number of hydrogen-bond acceptors (Lipinski definition) is 6. The number of thiophene rings is 1. The molecule has 0 atom stereocenters. The number of nitrogens with zero attached hydrogens (tertiary/aromatic N) is 3. The summed E-state index contributed by atoms with van der Waals surface area (Å²) in [6.07, 6.45) is 7.58. The number of aromatic nitrogens is 3. The molecule has 2 aromatic rings. The minimum atomic E-state index is -0.458. The van der Waals surface area contributed by atoms with Gasteiger partial charge < -0.3 is 15.6 Å². The van der Waals surface area contributed by atoms with E-state index in [0.29, 0.717) is 22.5 Å². The molecule has 2 amide bonds. The topological polar surface area (TPSA) is 103 Å². The monoisotopic (exact) mass is 403 g/mol. The molecule has 2 saturated carbocycles. The predicted molar refractivity (Wildman–Crippen MR) is 104 cm³/mol. The fraction of sp³-hybridized carbons (Fsp3) is 0.556. The quantitative estimate of drug-likeness (QED) is 0.692. The lowest BCUT2D eigenvalue weighted by Gasteiger charge is -2.08. The summed E-state index contributed by atoms with van der Waals surface area (Å²) in [7, 11) is 0. The van der Waals surface area contributed by atoms with Gasteiger partial charge in [-0.3, -0.25) is 9.59 Å². The van der Waals surface area contributed by atoms with E-state index in [1.807, 2.05) is 0 Å². The summed E-state index contributed by atoms with van der Waals surface area (Å²) in [6.45, 7) is 0. The normalized spacial score (nSPS) is 18.5. The van der Waals surface area contributed by atoms with Gasteiger partial charge in [-0.1, -0.05) is 11.8 Å². The van der Waals surface area contributed by atoms with Crippen molar-refractivity contribution < 1.29 is 9.59 Å². The van der Waals surface area contributed by atoms with Gasteiger partial charge in [0.05, 0.1) is 11.3 Å². The summed E-state index contributed by atoms with van der Waals surface area (Å²) in [4.78, 5) is 25.5. The standard InChI is InChI=1S/C18H21N5O2S2/c19-15(25)14-11-2-1-3-12(11)27-17(14)20-13(24)8-26-18-22-21-16(9-4-5-9)23(18)10-6-7-10/h9-10H,1-8H2,(H2,19,25)(H,20,24). The van der Waals surface area contributed by atoms with Crippen LogP contribution in [-0.2, 0) is 17.6 Å². The summed E-state index contributed by atoms with van der Waals surface area (Å²) in [5, 5.41) is 13.0. The molecule has 0 aromatic carbocycles. The van der Waals surface area contributed by atoms with Crippen molar-refractivity contribution in [2.45, 2.75) is 62.1 Å². The van der Waals surface area contributed by atoms with Gasteiger partial charge >= 0.3 is 0 Å². The number of hydrogen-bond donors (Lipinski definition) is 2. The second-order valence-corrected chi connectivity index (χ2v) is 9.53. The van der Waals surface area contributed by atoms with Crippen LogP contribution in [0.2, 0.25) is 0 Å². The van der Waals surface area contributed by atoms with Crippen LogP contribution in [0.4, 0.5) is 5.00 Å². The van der Waals surface area contributed by atoms with Gasteiger partial charge in [-0.2, -0.15) is 0 Å². The molecule has 0 unspecified atom stereocenters. The summed E-state index contributed by atoms with van der Waals surface area (Å²) >= 11 is 2.91. The number of fused-ring (bicyclic) bond motifs is 1. The second kappa shape index (κ2) is 6.63. The molecule has 0 aliphatic heterocycles. The lowest BCUT2D eigenvalue weighted by atomic mass is 10.1. The summed E-state index contributed by atoms with van der Waals surface area (Å²) in [5.74, 6) is 1.29. The maximum atomic E-state index is 12.5. The number of thioether (sulfide) groups is 1. The number of carbonyl (C=O) groups excluding carboxylic acids is 2. The second-order valence-electron chi connectivity index (χ2n) is 7.48. The van der Waals surface area contributed by atoms with Crippen LogP contribution < -0.4 is 11.1 Å². The van der Waals surface area contributed by atoms with Crippen LogP contribution in [-0.4, -0.2) is 32.3 Å². The minimum absolute atomic E-state index is 0.138. The Bertz CT molecular complexity index is 927. The zero-order valence-corrected chi connectivity index (χ0v) is 16.5. The molecular weight excluding hydrogens is 382 g/mol. The van der Waals surface area contributed by atoms with Gasteiger partial charge in [-0.05, 0) is 50.5 Å². The highest BCUT2D eigenvalue weighted by Crippen LogP contribution is 2.46. The van der Waals surface area contributed by atoms with Gasteiger partial charge in [0.2, 0.25) is 5.91 Å². The Balaban J connectivity index is 1.28. The Morgan fingerprint density at radius 2 is 2.04 bits per heavy atom. The number of nitrogens with two attached hydrogens (primary N) is 1. The van der Waals surface area contributed by atoms with Gasteiger partial charge in [-0.15, -0.1) is 21.5 Å². The van der Waals surface area contributed by atoms with Crippen LogP contribution in [0.25, 0.3) is 0 Å². The molecule has 2 aromatic heterocycles. The molecule has 0 saturated heterocycles. The number of amides is 2. The number of carbonyl (C=O) groups is 2. The highest BCUT2D eigenvalue weighted by molar-refractivity contribution is 7.99. The molecule has 9 heteroatoms. The Labute approximate surface area is 165 Å². The third kappa shape index (κ3) is 3.27. The summed E-state index contributed by atoms with van der Waals surface area (Å²) in [5.41, 5.74) is 7.09. The Morgan fingerprint density at radius 3 is 2.74 bits per heavy atom. The fourth-order valence-electron chi connectivity index (χ4n) is 3.73. The Morgan fingerprint density at radius 1 is 1.22 bits per heavy atom. The lowest BCUT2D eigenvalue weighted by Crippen LogP contribution is -2.19. The highest BCUT2D eigenvalue weighted by atomic mass is 32.2. The lowest BCUT2D eigenvalue weighted by molar-refractivity contribution is -0.113. The van der Waals surface area contributed by atoms with Gasteiger partial charge in [-0.25, -0.2) is 0 Å². The van der Waals surface area contributed by atoms with E-state index >= 15 is 0 Å². The van der Waals surface area contributed by atoms with Crippen LogP contribution in [0.3, 0.4) is 0 Å². The third-order valence-corrected chi connectivity index (χ3v) is 7.45. The van der Waals surface area contributed by atoms with Crippen molar-refractivity contribution >= 4 is 39.9 Å². The largest absolute Gasteiger partial charge is 0.365 e. The van der Waals surface area contributed by atoms with E-state index in [1.165, 1.54) is 53.7 Å². The van der Waals surface area contributed by atoms with Crippen LogP contribution in [0.15, 0.2) is 5.16 Å². The third-order valence-electron chi connectivity index (χ3n) is 5.30. The van der Waals surface area contributed by atoms with Crippen LogP contribution in [0.5, 0.6) is 0 Å². The summed E-state index contributed by atoms with van der Waals surface area (Å²) in [6, 6.07) is 0.503. The average Bonchev–Trinajstić information content (AvgIpc) is 3.53. The van der Waals surface area contributed by atoms with E-state index in [1.54, 1.807) is 0 Å². The molecule has 0 spiro atoms. The van der Waals surface area contributed by atoms with E-state index in [0.717, 1.165) is 35.8 Å². The molecule has 2 fully saturated rings. The van der Waals surface area contributed by atoms with Crippen molar-refractivity contribution in [1.29, 1.82) is 0 Å². The van der Waals surface area contributed by atoms with E-state index in [9.17, 15) is 9.59 Å². The van der Waals surface area contributed by atoms with Crippen molar-refractivity contribution in [3.63, 3.8) is 0 Å². The molecule has 142 valence electrons. The van der Waals surface area contributed by atoms with Crippen molar-refractivity contribution in [2.75, 3.05) is 11.1 Å². The van der Waals surface area contributed by atoms with Gasteiger partial charge in [0.15, 0.2) is 5.16 Å². The first-order valence-electron chi connectivity index (χ1n) is 9.43. The van der Waals surface area contributed by atoms with E-state index in [2.05, 4.69) is 20.1 Å². The zero-order chi connectivity index (χ0) is 18.5.